The maximum atomic E-state index is 13.2. The van der Waals surface area contributed by atoms with E-state index in [2.05, 4.69) is 15.5 Å². The van der Waals surface area contributed by atoms with Gasteiger partial charge in [-0.3, -0.25) is 0 Å². The highest BCUT2D eigenvalue weighted by Gasteiger charge is 2.05. The number of benzene rings is 1. The van der Waals surface area contributed by atoms with Crippen LogP contribution >= 0.6 is 0 Å². The third-order valence-electron chi connectivity index (χ3n) is 2.37. The van der Waals surface area contributed by atoms with Crippen LogP contribution in [0.1, 0.15) is 18.6 Å². The van der Waals surface area contributed by atoms with Crippen LogP contribution in [-0.2, 0) is 13.0 Å². The third kappa shape index (κ3) is 2.97. The van der Waals surface area contributed by atoms with Gasteiger partial charge >= 0.3 is 0 Å². The van der Waals surface area contributed by atoms with Gasteiger partial charge in [-0.05, 0) is 6.07 Å². The Bertz CT molecular complexity index is 528. The van der Waals surface area contributed by atoms with Gasteiger partial charge in [0.2, 0.25) is 5.89 Å². The van der Waals surface area contributed by atoms with Crippen LogP contribution in [0.4, 0.5) is 10.1 Å². The van der Waals surface area contributed by atoms with E-state index in [1.54, 1.807) is 6.07 Å². The number of hydrogen-bond donors (Lipinski definition) is 1. The molecule has 0 aliphatic carbocycles. The predicted molar refractivity (Wildman–Crippen MR) is 64.0 cm³/mol. The molecule has 0 fully saturated rings. The minimum absolute atomic E-state index is 0.362. The van der Waals surface area contributed by atoms with Gasteiger partial charge in [0, 0.05) is 24.2 Å². The van der Waals surface area contributed by atoms with E-state index in [1.807, 2.05) is 6.92 Å². The second-order valence-corrected chi connectivity index (χ2v) is 3.69. The van der Waals surface area contributed by atoms with Crippen LogP contribution in [0.25, 0.3) is 0 Å². The predicted octanol–water partition coefficient (Wildman–Crippen LogP) is 2.39. The molecule has 0 aliphatic heterocycles. The molecule has 0 saturated carbocycles. The molecule has 1 aromatic heterocycles. The van der Waals surface area contributed by atoms with Crippen molar-refractivity contribution in [3.05, 3.63) is 35.7 Å². The maximum absolute atomic E-state index is 13.2. The molecule has 0 saturated heterocycles. The van der Waals surface area contributed by atoms with E-state index in [0.29, 0.717) is 36.1 Å². The molecule has 0 bridgehead atoms. The molecule has 2 rings (SSSR count). The first-order valence-corrected chi connectivity index (χ1v) is 5.61. The monoisotopic (exact) mass is 251 g/mol. The molecule has 0 aliphatic rings. The number of anilines is 1. The van der Waals surface area contributed by atoms with Crippen LogP contribution in [0.15, 0.2) is 22.7 Å². The SMILES string of the molecule is CCc1nc(CNc2cc(F)cc(OC)c2)no1. The standard InChI is InChI=1S/C12H14FN3O2/c1-3-12-15-11(16-18-12)7-14-9-4-8(13)5-10(6-9)17-2/h4-6,14H,3,7H2,1-2H3. The number of nitrogens with zero attached hydrogens (tertiary/aromatic N) is 2. The Kier molecular flexibility index (Phi) is 3.76. The summed E-state index contributed by atoms with van der Waals surface area (Å²) in [6, 6.07) is 4.39. The van der Waals surface area contributed by atoms with Crippen LogP contribution in [0.5, 0.6) is 5.75 Å². The van der Waals surface area contributed by atoms with E-state index < -0.39 is 0 Å². The number of hydrogen-bond acceptors (Lipinski definition) is 5. The summed E-state index contributed by atoms with van der Waals surface area (Å²) in [5, 5.41) is 6.80. The van der Waals surface area contributed by atoms with E-state index in [1.165, 1.54) is 19.2 Å². The number of methoxy groups -OCH3 is 1. The van der Waals surface area contributed by atoms with Crippen molar-refractivity contribution in [3.63, 3.8) is 0 Å². The van der Waals surface area contributed by atoms with Crippen molar-refractivity contribution in [1.82, 2.24) is 10.1 Å². The molecule has 5 nitrogen and oxygen atoms in total. The van der Waals surface area contributed by atoms with E-state index in [4.69, 9.17) is 9.26 Å². The van der Waals surface area contributed by atoms with E-state index >= 15 is 0 Å². The van der Waals surface area contributed by atoms with Gasteiger partial charge in [-0.1, -0.05) is 12.1 Å². The number of aryl methyl sites for hydroxylation is 1. The summed E-state index contributed by atoms with van der Waals surface area (Å²) >= 11 is 0. The molecule has 1 heterocycles. The van der Waals surface area contributed by atoms with Gasteiger partial charge in [0.05, 0.1) is 13.7 Å². The van der Waals surface area contributed by atoms with Crippen LogP contribution in [-0.4, -0.2) is 17.3 Å². The molecule has 0 amide bonds. The van der Waals surface area contributed by atoms with Crippen molar-refractivity contribution in [1.29, 1.82) is 0 Å². The average molecular weight is 251 g/mol. The molecule has 96 valence electrons. The number of aromatic nitrogens is 2. The lowest BCUT2D eigenvalue weighted by atomic mass is 10.3. The van der Waals surface area contributed by atoms with Gasteiger partial charge in [0.1, 0.15) is 11.6 Å². The van der Waals surface area contributed by atoms with Crippen LogP contribution < -0.4 is 10.1 Å². The number of rotatable bonds is 5. The molecule has 2 aromatic rings. The molecule has 1 aromatic carbocycles. The van der Waals surface area contributed by atoms with Crippen molar-refractivity contribution in [3.8, 4) is 5.75 Å². The second kappa shape index (κ2) is 5.48. The molecule has 6 heteroatoms. The first-order valence-electron chi connectivity index (χ1n) is 5.61. The van der Waals surface area contributed by atoms with Gasteiger partial charge in [-0.2, -0.15) is 4.98 Å². The van der Waals surface area contributed by atoms with Gasteiger partial charge in [0.25, 0.3) is 0 Å². The highest BCUT2D eigenvalue weighted by atomic mass is 19.1. The summed E-state index contributed by atoms with van der Waals surface area (Å²) in [5.74, 6) is 1.22. The summed E-state index contributed by atoms with van der Waals surface area (Å²) in [4.78, 5) is 4.14. The Labute approximate surface area is 104 Å². The fourth-order valence-corrected chi connectivity index (χ4v) is 1.47. The Balaban J connectivity index is 2.03. The molecule has 0 atom stereocenters. The lowest BCUT2D eigenvalue weighted by Crippen LogP contribution is -2.02. The average Bonchev–Trinajstić information content (AvgIpc) is 2.83. The Morgan fingerprint density at radius 2 is 2.22 bits per heavy atom. The molecule has 1 N–H and O–H groups in total. The first-order chi connectivity index (χ1) is 8.71. The summed E-state index contributed by atoms with van der Waals surface area (Å²) < 4.78 is 23.2. The van der Waals surface area contributed by atoms with E-state index in [-0.39, 0.29) is 5.82 Å². The van der Waals surface area contributed by atoms with Crippen LogP contribution in [0.2, 0.25) is 0 Å². The number of ether oxygens (including phenoxy) is 1. The fourth-order valence-electron chi connectivity index (χ4n) is 1.47. The molecular weight excluding hydrogens is 237 g/mol. The third-order valence-corrected chi connectivity index (χ3v) is 2.37. The van der Waals surface area contributed by atoms with Crippen molar-refractivity contribution in [2.24, 2.45) is 0 Å². The molecule has 0 spiro atoms. The lowest BCUT2D eigenvalue weighted by molar-refractivity contribution is 0.377. The van der Waals surface area contributed by atoms with E-state index in [9.17, 15) is 4.39 Å². The van der Waals surface area contributed by atoms with Crippen molar-refractivity contribution in [2.75, 3.05) is 12.4 Å². The Morgan fingerprint density at radius 1 is 1.39 bits per heavy atom. The largest absolute Gasteiger partial charge is 0.497 e. The Hall–Kier alpha value is -2.11. The van der Waals surface area contributed by atoms with E-state index in [0.717, 1.165) is 0 Å². The minimum atomic E-state index is -0.362. The van der Waals surface area contributed by atoms with Crippen LogP contribution in [0, 0.1) is 5.82 Å². The second-order valence-electron chi connectivity index (χ2n) is 3.69. The smallest absolute Gasteiger partial charge is 0.226 e. The van der Waals surface area contributed by atoms with Gasteiger partial charge < -0.3 is 14.6 Å². The van der Waals surface area contributed by atoms with Crippen molar-refractivity contribution >= 4 is 5.69 Å². The molecule has 18 heavy (non-hydrogen) atoms. The van der Waals surface area contributed by atoms with Crippen molar-refractivity contribution in [2.45, 2.75) is 19.9 Å². The first kappa shape index (κ1) is 12.3. The zero-order chi connectivity index (χ0) is 13.0. The summed E-state index contributed by atoms with van der Waals surface area (Å²) in [7, 11) is 1.49. The zero-order valence-corrected chi connectivity index (χ0v) is 10.2. The number of halogens is 1. The fraction of sp³-hybridized carbons (Fsp3) is 0.333. The van der Waals surface area contributed by atoms with Gasteiger partial charge in [-0.25, -0.2) is 4.39 Å². The van der Waals surface area contributed by atoms with Crippen molar-refractivity contribution < 1.29 is 13.7 Å². The Morgan fingerprint density at radius 3 is 2.89 bits per heavy atom. The summed E-state index contributed by atoms with van der Waals surface area (Å²) in [6.07, 6.45) is 0.695. The van der Waals surface area contributed by atoms with Crippen LogP contribution in [0.3, 0.4) is 0 Å². The molecule has 0 radical (unpaired) electrons. The highest BCUT2D eigenvalue weighted by molar-refractivity contribution is 5.48. The maximum Gasteiger partial charge on any atom is 0.226 e. The lowest BCUT2D eigenvalue weighted by Gasteiger charge is -2.06. The highest BCUT2D eigenvalue weighted by Crippen LogP contribution is 2.20. The van der Waals surface area contributed by atoms with Gasteiger partial charge in [0.15, 0.2) is 5.82 Å². The molecular formula is C12H14FN3O2. The minimum Gasteiger partial charge on any atom is -0.497 e. The summed E-state index contributed by atoms with van der Waals surface area (Å²) in [6.45, 7) is 2.30. The quantitative estimate of drug-likeness (QED) is 0.884. The number of nitrogens with one attached hydrogen (secondary N) is 1. The van der Waals surface area contributed by atoms with Gasteiger partial charge in [-0.15, -0.1) is 0 Å². The summed E-state index contributed by atoms with van der Waals surface area (Å²) in [5.41, 5.74) is 0.606. The molecule has 0 unspecified atom stereocenters. The topological polar surface area (TPSA) is 60.2 Å². The zero-order valence-electron chi connectivity index (χ0n) is 10.2. The normalized spacial score (nSPS) is 10.4.